The van der Waals surface area contributed by atoms with Gasteiger partial charge in [-0.25, -0.2) is 4.79 Å². The Hall–Kier alpha value is -1.62. The van der Waals surface area contributed by atoms with E-state index in [9.17, 15) is 9.59 Å². The first-order chi connectivity index (χ1) is 8.04. The summed E-state index contributed by atoms with van der Waals surface area (Å²) in [5.41, 5.74) is 0.194. The summed E-state index contributed by atoms with van der Waals surface area (Å²) in [6, 6.07) is 2.79. The van der Waals surface area contributed by atoms with Gasteiger partial charge in [-0.3, -0.25) is 4.79 Å². The highest BCUT2D eigenvalue weighted by Gasteiger charge is 2.12. The average molecular weight is 239 g/mol. The largest absolute Gasteiger partial charge is 0.457 e. The summed E-state index contributed by atoms with van der Waals surface area (Å²) < 4.78 is 11.6. The highest BCUT2D eigenvalue weighted by Crippen LogP contribution is 2.02. The minimum atomic E-state index is -0.451. The van der Waals surface area contributed by atoms with Gasteiger partial charge in [0.2, 0.25) is 5.56 Å². The van der Waals surface area contributed by atoms with Crippen LogP contribution in [-0.4, -0.2) is 29.9 Å². The molecule has 0 aliphatic heterocycles. The molecule has 1 rings (SSSR count). The Morgan fingerprint density at radius 1 is 1.47 bits per heavy atom. The van der Waals surface area contributed by atoms with E-state index in [0.29, 0.717) is 18.8 Å². The molecule has 1 atom stereocenters. The van der Waals surface area contributed by atoms with Crippen molar-refractivity contribution in [2.45, 2.75) is 20.0 Å². The van der Waals surface area contributed by atoms with Gasteiger partial charge in [-0.15, -0.1) is 0 Å². The molecular weight excluding hydrogens is 222 g/mol. The molecule has 1 heterocycles. The van der Waals surface area contributed by atoms with Crippen LogP contribution in [0.25, 0.3) is 0 Å². The molecule has 0 amide bonds. The van der Waals surface area contributed by atoms with E-state index in [1.54, 1.807) is 14.0 Å². The molecule has 0 aliphatic carbocycles. The van der Waals surface area contributed by atoms with Gasteiger partial charge in [-0.05, 0) is 19.9 Å². The van der Waals surface area contributed by atoms with Gasteiger partial charge < -0.3 is 14.0 Å². The Morgan fingerprint density at radius 2 is 2.18 bits per heavy atom. The van der Waals surface area contributed by atoms with Crippen LogP contribution in [0.1, 0.15) is 24.2 Å². The van der Waals surface area contributed by atoms with E-state index in [4.69, 9.17) is 9.47 Å². The third-order valence-electron chi connectivity index (χ3n) is 2.19. The molecule has 0 unspecified atom stereocenters. The molecule has 0 fully saturated rings. The minimum Gasteiger partial charge on any atom is -0.457 e. The molecule has 0 spiro atoms. The summed E-state index contributed by atoms with van der Waals surface area (Å²) in [7, 11) is 1.59. The topological polar surface area (TPSA) is 57.5 Å². The third-order valence-corrected chi connectivity index (χ3v) is 2.19. The van der Waals surface area contributed by atoms with Gasteiger partial charge in [0.25, 0.3) is 0 Å². The van der Waals surface area contributed by atoms with Crippen LogP contribution in [0.4, 0.5) is 0 Å². The molecule has 0 saturated heterocycles. The number of esters is 1. The fraction of sp³-hybridized carbons (Fsp3) is 0.500. The number of pyridine rings is 1. The number of hydrogen-bond donors (Lipinski definition) is 0. The Bertz CT molecular complexity index is 438. The fourth-order valence-corrected chi connectivity index (χ4v) is 1.28. The van der Waals surface area contributed by atoms with Crippen molar-refractivity contribution < 1.29 is 14.3 Å². The zero-order valence-electron chi connectivity index (χ0n) is 10.3. The van der Waals surface area contributed by atoms with Crippen LogP contribution in [0.2, 0.25) is 0 Å². The lowest BCUT2D eigenvalue weighted by atomic mass is 10.3. The van der Waals surface area contributed by atoms with E-state index in [0.717, 1.165) is 0 Å². The van der Waals surface area contributed by atoms with Crippen LogP contribution >= 0.6 is 0 Å². The second-order valence-electron chi connectivity index (χ2n) is 3.74. The lowest BCUT2D eigenvalue weighted by Gasteiger charge is -2.13. The number of aryl methyl sites for hydroxylation is 1. The summed E-state index contributed by atoms with van der Waals surface area (Å²) in [6.07, 6.45) is 1.15. The van der Waals surface area contributed by atoms with Crippen molar-refractivity contribution in [3.8, 4) is 0 Å². The van der Waals surface area contributed by atoms with Crippen LogP contribution in [-0.2, 0) is 16.5 Å². The van der Waals surface area contributed by atoms with Crippen molar-refractivity contribution in [1.29, 1.82) is 0 Å². The van der Waals surface area contributed by atoms with E-state index in [1.807, 2.05) is 6.92 Å². The number of nitrogens with zero attached hydrogens (tertiary/aromatic N) is 1. The maximum atomic E-state index is 11.7. The SMILES string of the molecule is CCOC[C@H](C)OC(=O)c1ccc(=O)n(C)c1. The van der Waals surface area contributed by atoms with Crippen molar-refractivity contribution in [3.63, 3.8) is 0 Å². The molecule has 0 saturated carbocycles. The van der Waals surface area contributed by atoms with Crippen molar-refractivity contribution in [3.05, 3.63) is 34.2 Å². The second kappa shape index (κ2) is 6.20. The highest BCUT2D eigenvalue weighted by molar-refractivity contribution is 5.89. The molecule has 94 valence electrons. The first-order valence-electron chi connectivity index (χ1n) is 5.50. The lowest BCUT2D eigenvalue weighted by molar-refractivity contribution is 0.00432. The summed E-state index contributed by atoms with van der Waals surface area (Å²) in [5.74, 6) is -0.451. The van der Waals surface area contributed by atoms with Crippen LogP contribution < -0.4 is 5.56 Å². The Labute approximate surface area is 100.0 Å². The molecular formula is C12H17NO4. The van der Waals surface area contributed by atoms with Crippen LogP contribution in [0.5, 0.6) is 0 Å². The molecule has 1 aromatic rings. The number of carbonyl (C=O) groups is 1. The molecule has 0 bridgehead atoms. The molecule has 5 nitrogen and oxygen atoms in total. The van der Waals surface area contributed by atoms with E-state index in [1.165, 1.54) is 22.9 Å². The van der Waals surface area contributed by atoms with E-state index < -0.39 is 5.97 Å². The molecule has 5 heteroatoms. The molecule has 17 heavy (non-hydrogen) atoms. The Kier molecular flexibility index (Phi) is 4.90. The quantitative estimate of drug-likeness (QED) is 0.718. The predicted octanol–water partition coefficient (Wildman–Crippen LogP) is 0.967. The van der Waals surface area contributed by atoms with Crippen LogP contribution in [0.15, 0.2) is 23.1 Å². The van der Waals surface area contributed by atoms with Gasteiger partial charge >= 0.3 is 5.97 Å². The maximum Gasteiger partial charge on any atom is 0.339 e. The van der Waals surface area contributed by atoms with Gasteiger partial charge in [-0.2, -0.15) is 0 Å². The van der Waals surface area contributed by atoms with Gasteiger partial charge in [0, 0.05) is 25.9 Å². The normalized spacial score (nSPS) is 12.2. The zero-order valence-corrected chi connectivity index (χ0v) is 10.3. The van der Waals surface area contributed by atoms with Crippen molar-refractivity contribution in [2.75, 3.05) is 13.2 Å². The number of carbonyl (C=O) groups excluding carboxylic acids is 1. The molecule has 0 aliphatic rings. The zero-order chi connectivity index (χ0) is 12.8. The fourth-order valence-electron chi connectivity index (χ4n) is 1.28. The van der Waals surface area contributed by atoms with Crippen molar-refractivity contribution >= 4 is 5.97 Å². The maximum absolute atomic E-state index is 11.7. The standard InChI is InChI=1S/C12H17NO4/c1-4-16-8-9(2)17-12(15)10-5-6-11(14)13(3)7-10/h5-7,9H,4,8H2,1-3H3/t9-/m0/s1. The molecule has 0 radical (unpaired) electrons. The second-order valence-corrected chi connectivity index (χ2v) is 3.74. The van der Waals surface area contributed by atoms with Crippen molar-refractivity contribution in [1.82, 2.24) is 4.57 Å². The molecule has 0 aromatic carbocycles. The Morgan fingerprint density at radius 3 is 2.76 bits per heavy atom. The summed E-state index contributed by atoms with van der Waals surface area (Å²) in [6.45, 7) is 4.59. The summed E-state index contributed by atoms with van der Waals surface area (Å²) >= 11 is 0. The lowest BCUT2D eigenvalue weighted by Crippen LogP contribution is -2.22. The number of rotatable bonds is 5. The number of aromatic nitrogens is 1. The third kappa shape index (κ3) is 4.03. The summed E-state index contributed by atoms with van der Waals surface area (Å²) in [5, 5.41) is 0. The predicted molar refractivity (Wildman–Crippen MR) is 63.1 cm³/mol. The van der Waals surface area contributed by atoms with E-state index >= 15 is 0 Å². The Balaban J connectivity index is 2.63. The van der Waals surface area contributed by atoms with Gasteiger partial charge in [0.1, 0.15) is 6.10 Å². The van der Waals surface area contributed by atoms with Gasteiger partial charge in [0.05, 0.1) is 12.2 Å². The number of ether oxygens (including phenoxy) is 2. The van der Waals surface area contributed by atoms with E-state index in [2.05, 4.69) is 0 Å². The monoisotopic (exact) mass is 239 g/mol. The minimum absolute atomic E-state index is 0.163. The molecule has 0 N–H and O–H groups in total. The average Bonchev–Trinajstić information content (AvgIpc) is 2.30. The number of hydrogen-bond acceptors (Lipinski definition) is 4. The van der Waals surface area contributed by atoms with Crippen LogP contribution in [0.3, 0.4) is 0 Å². The van der Waals surface area contributed by atoms with Gasteiger partial charge in [-0.1, -0.05) is 0 Å². The van der Waals surface area contributed by atoms with Crippen LogP contribution in [0, 0.1) is 0 Å². The first-order valence-corrected chi connectivity index (χ1v) is 5.50. The van der Waals surface area contributed by atoms with Crippen molar-refractivity contribution in [2.24, 2.45) is 7.05 Å². The molecule has 1 aromatic heterocycles. The van der Waals surface area contributed by atoms with Gasteiger partial charge in [0.15, 0.2) is 0 Å². The smallest absolute Gasteiger partial charge is 0.339 e. The van der Waals surface area contributed by atoms with E-state index in [-0.39, 0.29) is 11.7 Å². The first kappa shape index (κ1) is 13.4. The summed E-state index contributed by atoms with van der Waals surface area (Å²) in [4.78, 5) is 22.8. The highest BCUT2D eigenvalue weighted by atomic mass is 16.6.